The molecule has 1 N–H and O–H groups in total. The second kappa shape index (κ2) is 10.1. The Bertz CT molecular complexity index is 1040. The number of nitrogens with zero attached hydrogens (tertiary/aromatic N) is 3. The summed E-state index contributed by atoms with van der Waals surface area (Å²) in [4.78, 5) is 28.9. The van der Waals surface area contributed by atoms with E-state index >= 15 is 0 Å². The van der Waals surface area contributed by atoms with Crippen LogP contribution in [0.4, 0.5) is 0 Å². The molecule has 0 radical (unpaired) electrons. The molecule has 166 valence electrons. The number of amides is 2. The quantitative estimate of drug-likeness (QED) is 0.615. The molecule has 2 heterocycles. The molecular weight excluding hydrogens is 408 g/mol. The van der Waals surface area contributed by atoms with Gasteiger partial charge in [-0.15, -0.1) is 0 Å². The van der Waals surface area contributed by atoms with Crippen LogP contribution in [0.15, 0.2) is 65.2 Å². The van der Waals surface area contributed by atoms with Crippen molar-refractivity contribution in [3.8, 4) is 11.5 Å². The lowest BCUT2D eigenvalue weighted by molar-refractivity contribution is 0.0628. The maximum Gasteiger partial charge on any atom is 0.276 e. The number of benzene rings is 2. The number of hydrogen-bond acceptors (Lipinski definition) is 6. The lowest BCUT2D eigenvalue weighted by Crippen LogP contribution is -2.50. The zero-order valence-corrected chi connectivity index (χ0v) is 18.0. The number of nitrogens with one attached hydrogen (secondary N) is 1. The number of aromatic nitrogens is 1. The Morgan fingerprint density at radius 1 is 1.00 bits per heavy atom. The summed E-state index contributed by atoms with van der Waals surface area (Å²) >= 11 is 0. The lowest BCUT2D eigenvalue weighted by Gasteiger charge is -2.34. The second-order valence-electron chi connectivity index (χ2n) is 7.65. The first-order chi connectivity index (χ1) is 15.6. The molecule has 3 aromatic rings. The maximum atomic E-state index is 12.4. The molecular formula is C24H26N4O4. The Morgan fingerprint density at radius 3 is 2.34 bits per heavy atom. The van der Waals surface area contributed by atoms with Crippen molar-refractivity contribution in [1.29, 1.82) is 0 Å². The predicted octanol–water partition coefficient (Wildman–Crippen LogP) is 2.96. The van der Waals surface area contributed by atoms with Crippen molar-refractivity contribution < 1.29 is 18.8 Å². The predicted molar refractivity (Wildman–Crippen MR) is 119 cm³/mol. The van der Waals surface area contributed by atoms with Gasteiger partial charge in [-0.1, -0.05) is 23.4 Å². The summed E-state index contributed by atoms with van der Waals surface area (Å²) in [5.41, 5.74) is 0.937. The third kappa shape index (κ3) is 5.53. The number of carbonyl (C=O) groups excluding carboxylic acids is 2. The van der Waals surface area contributed by atoms with Crippen LogP contribution >= 0.6 is 0 Å². The van der Waals surface area contributed by atoms with Gasteiger partial charge in [0.05, 0.1) is 0 Å². The molecule has 8 heteroatoms. The molecule has 1 saturated heterocycles. The fourth-order valence-corrected chi connectivity index (χ4v) is 3.53. The maximum absolute atomic E-state index is 12.4. The Labute approximate surface area is 186 Å². The normalized spacial score (nSPS) is 14.2. The van der Waals surface area contributed by atoms with Gasteiger partial charge in [-0.3, -0.25) is 14.5 Å². The number of aryl methyl sites for hydroxylation is 1. The van der Waals surface area contributed by atoms with Gasteiger partial charge in [0.2, 0.25) is 0 Å². The molecule has 0 aliphatic carbocycles. The average Bonchev–Trinajstić information content (AvgIpc) is 3.26. The molecule has 1 aliphatic rings. The van der Waals surface area contributed by atoms with Crippen molar-refractivity contribution in [3.63, 3.8) is 0 Å². The third-order valence-electron chi connectivity index (χ3n) is 5.32. The van der Waals surface area contributed by atoms with E-state index in [1.165, 1.54) is 0 Å². The standard InChI is InChI=1S/C24H26N4O4/c1-18-17-22(26-32-18)24(30)28-15-13-27(14-16-28)12-11-25-23(29)19-7-9-21(10-8-19)31-20-5-3-2-4-6-20/h2-10,17H,11-16H2,1H3,(H,25,29). The SMILES string of the molecule is Cc1cc(C(=O)N2CCN(CCNC(=O)c3ccc(Oc4ccccc4)cc3)CC2)no1. The Kier molecular flexibility index (Phi) is 6.81. The van der Waals surface area contributed by atoms with E-state index < -0.39 is 0 Å². The van der Waals surface area contributed by atoms with Crippen molar-refractivity contribution >= 4 is 11.8 Å². The first-order valence-corrected chi connectivity index (χ1v) is 10.6. The molecule has 2 amide bonds. The molecule has 2 aromatic carbocycles. The molecule has 0 unspecified atom stereocenters. The van der Waals surface area contributed by atoms with Gasteiger partial charge in [-0.05, 0) is 43.3 Å². The summed E-state index contributed by atoms with van der Waals surface area (Å²) in [6.07, 6.45) is 0. The largest absolute Gasteiger partial charge is 0.457 e. The number of rotatable bonds is 7. The van der Waals surface area contributed by atoms with Crippen LogP contribution in [0.5, 0.6) is 11.5 Å². The molecule has 4 rings (SSSR count). The number of hydrogen-bond donors (Lipinski definition) is 1. The highest BCUT2D eigenvalue weighted by molar-refractivity contribution is 5.94. The van der Waals surface area contributed by atoms with Crippen LogP contribution in [-0.4, -0.2) is 66.0 Å². The van der Waals surface area contributed by atoms with Crippen LogP contribution in [0.2, 0.25) is 0 Å². The van der Waals surface area contributed by atoms with Crippen molar-refractivity contribution in [2.75, 3.05) is 39.3 Å². The highest BCUT2D eigenvalue weighted by Crippen LogP contribution is 2.21. The van der Waals surface area contributed by atoms with Crippen LogP contribution in [0, 0.1) is 6.92 Å². The van der Waals surface area contributed by atoms with E-state index in [9.17, 15) is 9.59 Å². The lowest BCUT2D eigenvalue weighted by atomic mass is 10.2. The summed E-state index contributed by atoms with van der Waals surface area (Å²) in [5.74, 6) is 1.84. The minimum Gasteiger partial charge on any atom is -0.457 e. The van der Waals surface area contributed by atoms with E-state index in [0.717, 1.165) is 25.4 Å². The monoisotopic (exact) mass is 434 g/mol. The summed E-state index contributed by atoms with van der Waals surface area (Å²) in [6.45, 7) is 5.80. The minimum absolute atomic E-state index is 0.102. The van der Waals surface area contributed by atoms with Crippen molar-refractivity contribution in [2.45, 2.75) is 6.92 Å². The van der Waals surface area contributed by atoms with Crippen LogP contribution in [0.25, 0.3) is 0 Å². The van der Waals surface area contributed by atoms with Crippen LogP contribution in [0.1, 0.15) is 26.6 Å². The average molecular weight is 434 g/mol. The highest BCUT2D eigenvalue weighted by Gasteiger charge is 2.24. The fraction of sp³-hybridized carbons (Fsp3) is 0.292. The molecule has 32 heavy (non-hydrogen) atoms. The molecule has 0 bridgehead atoms. The Morgan fingerprint density at radius 2 is 1.69 bits per heavy atom. The van der Waals surface area contributed by atoms with E-state index in [-0.39, 0.29) is 11.8 Å². The molecule has 0 saturated carbocycles. The van der Waals surface area contributed by atoms with E-state index in [0.29, 0.717) is 42.4 Å². The third-order valence-corrected chi connectivity index (χ3v) is 5.32. The fourth-order valence-electron chi connectivity index (χ4n) is 3.53. The summed E-state index contributed by atoms with van der Waals surface area (Å²) in [7, 11) is 0. The van der Waals surface area contributed by atoms with Crippen molar-refractivity contribution in [3.05, 3.63) is 77.7 Å². The first-order valence-electron chi connectivity index (χ1n) is 10.6. The van der Waals surface area contributed by atoms with Crippen LogP contribution < -0.4 is 10.1 Å². The molecule has 1 fully saturated rings. The first kappa shape index (κ1) is 21.6. The zero-order valence-electron chi connectivity index (χ0n) is 18.0. The summed E-state index contributed by atoms with van der Waals surface area (Å²) in [5, 5.41) is 6.75. The van der Waals surface area contributed by atoms with Crippen molar-refractivity contribution in [2.24, 2.45) is 0 Å². The molecule has 1 aromatic heterocycles. The van der Waals surface area contributed by atoms with Gasteiger partial charge in [0.1, 0.15) is 17.3 Å². The van der Waals surface area contributed by atoms with E-state index in [2.05, 4.69) is 15.4 Å². The molecule has 0 atom stereocenters. The number of carbonyl (C=O) groups is 2. The minimum atomic E-state index is -0.119. The van der Waals surface area contributed by atoms with E-state index in [1.54, 1.807) is 42.2 Å². The zero-order chi connectivity index (χ0) is 22.3. The van der Waals surface area contributed by atoms with Gasteiger partial charge in [-0.2, -0.15) is 0 Å². The van der Waals surface area contributed by atoms with E-state index in [4.69, 9.17) is 9.26 Å². The Hall–Kier alpha value is -3.65. The van der Waals surface area contributed by atoms with Gasteiger partial charge in [0.25, 0.3) is 11.8 Å². The smallest absolute Gasteiger partial charge is 0.276 e. The highest BCUT2D eigenvalue weighted by atomic mass is 16.5. The van der Waals surface area contributed by atoms with Gasteiger partial charge in [0.15, 0.2) is 5.69 Å². The van der Waals surface area contributed by atoms with Crippen LogP contribution in [0.3, 0.4) is 0 Å². The topological polar surface area (TPSA) is 87.9 Å². The Balaban J connectivity index is 1.18. The summed E-state index contributed by atoms with van der Waals surface area (Å²) < 4.78 is 10.7. The van der Waals surface area contributed by atoms with Gasteiger partial charge in [0, 0.05) is 50.9 Å². The van der Waals surface area contributed by atoms with E-state index in [1.807, 2.05) is 30.3 Å². The number of piperazine rings is 1. The molecule has 0 spiro atoms. The van der Waals surface area contributed by atoms with Crippen molar-refractivity contribution in [1.82, 2.24) is 20.3 Å². The summed E-state index contributed by atoms with van der Waals surface area (Å²) in [6, 6.07) is 18.2. The second-order valence-corrected chi connectivity index (χ2v) is 7.65. The number of ether oxygens (including phenoxy) is 1. The van der Waals surface area contributed by atoms with Gasteiger partial charge < -0.3 is 19.5 Å². The van der Waals surface area contributed by atoms with Gasteiger partial charge in [-0.25, -0.2) is 0 Å². The van der Waals surface area contributed by atoms with Crippen LogP contribution in [-0.2, 0) is 0 Å². The van der Waals surface area contributed by atoms with Gasteiger partial charge >= 0.3 is 0 Å². The number of para-hydroxylation sites is 1. The molecule has 8 nitrogen and oxygen atoms in total. The molecule has 1 aliphatic heterocycles.